The van der Waals surface area contributed by atoms with Crippen LogP contribution in [0, 0.1) is 0 Å². The van der Waals surface area contributed by atoms with E-state index in [0.29, 0.717) is 12.2 Å². The molecule has 0 aliphatic carbocycles. The summed E-state index contributed by atoms with van der Waals surface area (Å²) in [6.45, 7) is 0. The number of carbonyl (C=O) groups is 3. The van der Waals surface area contributed by atoms with Gasteiger partial charge in [0.25, 0.3) is 0 Å². The highest BCUT2D eigenvalue weighted by Gasteiger charge is 2.23. The van der Waals surface area contributed by atoms with Gasteiger partial charge < -0.3 is 21.9 Å². The first-order valence-electron chi connectivity index (χ1n) is 5.06. The Hall–Kier alpha value is -1.28. The number of amides is 2. The molecular formula is C9H17N3O4S. The maximum absolute atomic E-state index is 11.4. The number of hydrogen-bond donors (Lipinski definition) is 5. The standard InChI is InChI=1S/C9H17N3O4S/c10-5(3-4-17)8(14)12-6(9(15)16)1-2-7(11)13/h5-6,17H,1-4,10H2,(H2,11,13)(H,12,14)(H,15,16)/t5-,6-/m0/s1. The van der Waals surface area contributed by atoms with E-state index in [1.165, 1.54) is 0 Å². The van der Waals surface area contributed by atoms with Crippen molar-refractivity contribution in [1.82, 2.24) is 5.32 Å². The van der Waals surface area contributed by atoms with Gasteiger partial charge in [-0.25, -0.2) is 4.79 Å². The molecule has 2 atom stereocenters. The third-order valence-corrected chi connectivity index (χ3v) is 2.33. The summed E-state index contributed by atoms with van der Waals surface area (Å²) in [6, 6.07) is -1.95. The van der Waals surface area contributed by atoms with Gasteiger partial charge in [-0.1, -0.05) is 0 Å². The number of aliphatic carboxylic acids is 1. The summed E-state index contributed by atoms with van der Waals surface area (Å²) in [5, 5.41) is 11.1. The normalized spacial score (nSPS) is 13.8. The highest BCUT2D eigenvalue weighted by molar-refractivity contribution is 7.80. The van der Waals surface area contributed by atoms with Gasteiger partial charge in [0.15, 0.2) is 0 Å². The summed E-state index contributed by atoms with van der Waals surface area (Å²) >= 11 is 3.92. The van der Waals surface area contributed by atoms with Crippen molar-refractivity contribution < 1.29 is 19.5 Å². The van der Waals surface area contributed by atoms with E-state index in [1.807, 2.05) is 0 Å². The van der Waals surface area contributed by atoms with E-state index >= 15 is 0 Å². The molecule has 0 radical (unpaired) electrons. The van der Waals surface area contributed by atoms with Crippen LogP contribution in [0.2, 0.25) is 0 Å². The second-order valence-corrected chi connectivity index (χ2v) is 3.97. The third kappa shape index (κ3) is 6.80. The van der Waals surface area contributed by atoms with Crippen molar-refractivity contribution in [3.63, 3.8) is 0 Å². The van der Waals surface area contributed by atoms with E-state index in [2.05, 4.69) is 17.9 Å². The number of nitrogens with one attached hydrogen (secondary N) is 1. The van der Waals surface area contributed by atoms with E-state index < -0.39 is 29.9 Å². The van der Waals surface area contributed by atoms with Gasteiger partial charge in [-0.3, -0.25) is 9.59 Å². The summed E-state index contributed by atoms with van der Waals surface area (Å²) in [6.07, 6.45) is 0.181. The number of primary amides is 1. The topological polar surface area (TPSA) is 136 Å². The second kappa shape index (κ2) is 7.91. The molecule has 17 heavy (non-hydrogen) atoms. The van der Waals surface area contributed by atoms with E-state index in [-0.39, 0.29) is 12.8 Å². The molecule has 0 bridgehead atoms. The molecule has 0 saturated carbocycles. The fourth-order valence-electron chi connectivity index (χ4n) is 1.09. The Bertz CT molecular complexity index is 298. The van der Waals surface area contributed by atoms with Crippen LogP contribution in [-0.4, -0.2) is 40.7 Å². The SMILES string of the molecule is NC(=O)CC[C@H](NC(=O)[C@@H](N)CCS)C(=O)O. The number of hydrogen-bond acceptors (Lipinski definition) is 5. The Labute approximate surface area is 104 Å². The highest BCUT2D eigenvalue weighted by Crippen LogP contribution is 1.99. The van der Waals surface area contributed by atoms with Crippen molar-refractivity contribution in [2.75, 3.05) is 5.75 Å². The van der Waals surface area contributed by atoms with Crippen LogP contribution in [0.3, 0.4) is 0 Å². The molecule has 0 rings (SSSR count). The first kappa shape index (κ1) is 15.7. The average molecular weight is 263 g/mol. The lowest BCUT2D eigenvalue weighted by molar-refractivity contribution is -0.142. The molecular weight excluding hydrogens is 246 g/mol. The number of thiol groups is 1. The van der Waals surface area contributed by atoms with Gasteiger partial charge >= 0.3 is 5.97 Å². The molecule has 98 valence electrons. The van der Waals surface area contributed by atoms with Crippen LogP contribution < -0.4 is 16.8 Å². The summed E-state index contributed by atoms with van der Waals surface area (Å²) < 4.78 is 0. The van der Waals surface area contributed by atoms with Gasteiger partial charge in [-0.2, -0.15) is 12.6 Å². The summed E-state index contributed by atoms with van der Waals surface area (Å²) in [5.74, 6) is -1.99. The molecule has 6 N–H and O–H groups in total. The van der Waals surface area contributed by atoms with Crippen LogP contribution in [0.15, 0.2) is 0 Å². The molecule has 0 fully saturated rings. The average Bonchev–Trinajstić information content (AvgIpc) is 2.23. The monoisotopic (exact) mass is 263 g/mol. The van der Waals surface area contributed by atoms with E-state index in [9.17, 15) is 14.4 Å². The zero-order chi connectivity index (χ0) is 13.4. The van der Waals surface area contributed by atoms with Crippen molar-refractivity contribution in [3.8, 4) is 0 Å². The fraction of sp³-hybridized carbons (Fsp3) is 0.667. The molecule has 7 nitrogen and oxygen atoms in total. The molecule has 0 aromatic rings. The van der Waals surface area contributed by atoms with Crippen molar-refractivity contribution in [2.45, 2.75) is 31.3 Å². The van der Waals surface area contributed by atoms with E-state index in [1.54, 1.807) is 0 Å². The predicted molar refractivity (Wildman–Crippen MR) is 64.4 cm³/mol. The molecule has 0 aliphatic rings. The van der Waals surface area contributed by atoms with Gasteiger partial charge in [0.1, 0.15) is 6.04 Å². The van der Waals surface area contributed by atoms with Gasteiger partial charge in [-0.05, 0) is 18.6 Å². The Kier molecular flexibility index (Phi) is 7.31. The van der Waals surface area contributed by atoms with Crippen LogP contribution in [0.4, 0.5) is 0 Å². The zero-order valence-electron chi connectivity index (χ0n) is 9.26. The molecule has 2 amide bonds. The number of carboxylic acid groups (broad SMARTS) is 1. The molecule has 0 unspecified atom stereocenters. The van der Waals surface area contributed by atoms with Crippen LogP contribution in [0.25, 0.3) is 0 Å². The molecule has 0 aliphatic heterocycles. The minimum absolute atomic E-state index is 0.0516. The van der Waals surface area contributed by atoms with Crippen LogP contribution >= 0.6 is 12.6 Å². The number of rotatable bonds is 8. The van der Waals surface area contributed by atoms with Crippen molar-refractivity contribution in [2.24, 2.45) is 11.5 Å². The van der Waals surface area contributed by atoms with Gasteiger partial charge in [0.05, 0.1) is 6.04 Å². The molecule has 0 heterocycles. The largest absolute Gasteiger partial charge is 0.480 e. The third-order valence-electron chi connectivity index (χ3n) is 2.07. The Morgan fingerprint density at radius 1 is 1.29 bits per heavy atom. The van der Waals surface area contributed by atoms with Crippen molar-refractivity contribution >= 4 is 30.4 Å². The molecule has 8 heteroatoms. The lowest BCUT2D eigenvalue weighted by atomic mass is 10.1. The first-order chi connectivity index (χ1) is 7.88. The maximum atomic E-state index is 11.4. The number of carbonyl (C=O) groups excluding carboxylic acids is 2. The first-order valence-corrected chi connectivity index (χ1v) is 5.69. The molecule has 0 saturated heterocycles. The molecule has 0 aromatic heterocycles. The second-order valence-electron chi connectivity index (χ2n) is 3.52. The Balaban J connectivity index is 4.29. The predicted octanol–water partition coefficient (Wildman–Crippen LogP) is -1.53. The highest BCUT2D eigenvalue weighted by atomic mass is 32.1. The molecule has 0 aromatic carbocycles. The van der Waals surface area contributed by atoms with Crippen LogP contribution in [0.1, 0.15) is 19.3 Å². The Morgan fingerprint density at radius 2 is 1.88 bits per heavy atom. The summed E-state index contributed by atoms with van der Waals surface area (Å²) in [4.78, 5) is 32.8. The number of carboxylic acids is 1. The lowest BCUT2D eigenvalue weighted by Crippen LogP contribution is -2.48. The number of nitrogens with two attached hydrogens (primary N) is 2. The smallest absolute Gasteiger partial charge is 0.326 e. The quantitative estimate of drug-likeness (QED) is 0.338. The molecule has 0 spiro atoms. The summed E-state index contributed by atoms with van der Waals surface area (Å²) in [7, 11) is 0. The Morgan fingerprint density at radius 3 is 2.29 bits per heavy atom. The minimum Gasteiger partial charge on any atom is -0.480 e. The van der Waals surface area contributed by atoms with Crippen molar-refractivity contribution in [1.29, 1.82) is 0 Å². The maximum Gasteiger partial charge on any atom is 0.326 e. The zero-order valence-corrected chi connectivity index (χ0v) is 10.2. The lowest BCUT2D eigenvalue weighted by Gasteiger charge is -2.16. The van der Waals surface area contributed by atoms with Gasteiger partial charge in [-0.15, -0.1) is 0 Å². The van der Waals surface area contributed by atoms with Crippen molar-refractivity contribution in [3.05, 3.63) is 0 Å². The van der Waals surface area contributed by atoms with Crippen LogP contribution in [-0.2, 0) is 14.4 Å². The van der Waals surface area contributed by atoms with E-state index in [0.717, 1.165) is 0 Å². The van der Waals surface area contributed by atoms with Gasteiger partial charge in [0.2, 0.25) is 11.8 Å². The van der Waals surface area contributed by atoms with Crippen LogP contribution in [0.5, 0.6) is 0 Å². The van der Waals surface area contributed by atoms with E-state index in [4.69, 9.17) is 16.6 Å². The summed E-state index contributed by atoms with van der Waals surface area (Å²) in [5.41, 5.74) is 10.4. The minimum atomic E-state index is -1.22. The van der Waals surface area contributed by atoms with Gasteiger partial charge in [0, 0.05) is 6.42 Å². The fourth-order valence-corrected chi connectivity index (χ4v) is 1.37.